The molecule has 2 saturated heterocycles. The monoisotopic (exact) mass is 466 g/mol. The van der Waals surface area contributed by atoms with Crippen LogP contribution in [0.2, 0.25) is 0 Å². The highest BCUT2D eigenvalue weighted by atomic mass is 16.6. The maximum Gasteiger partial charge on any atom is 0.316 e. The molecule has 1 aromatic heterocycles. The fraction of sp³-hybridized carbons (Fsp3) is 0.593. The molecule has 3 aliphatic carbocycles. The number of fused-ring (bicyclic) bond motifs is 4. The zero-order valence-electron chi connectivity index (χ0n) is 20.1. The molecule has 7 heteroatoms. The van der Waals surface area contributed by atoms with E-state index in [2.05, 4.69) is 13.8 Å². The van der Waals surface area contributed by atoms with E-state index in [0.29, 0.717) is 0 Å². The number of esters is 2. The zero-order chi connectivity index (χ0) is 24.2. The van der Waals surface area contributed by atoms with Gasteiger partial charge in [0.05, 0.1) is 37.6 Å². The van der Waals surface area contributed by atoms with E-state index in [1.165, 1.54) is 18.8 Å². The Kier molecular flexibility index (Phi) is 4.31. The fourth-order valence-electron chi connectivity index (χ4n) is 8.41. The van der Waals surface area contributed by atoms with Crippen molar-refractivity contribution in [3.8, 4) is 0 Å². The standard InChI is InChI=1S/C27H30O7/c1-13-15(14-7-9-32-12-14)10-16-20(13)27(4)17(11-19(29)31-5)26(3)18(28)6-8-25(2)22(26)21(23(27)33-16)34-24(25)30/h6-9,12,15-17,21-23H,10-11H2,1-5H3/t15-,16-,17-,21-,22?,23-,25-,26+,27-/m1/s1. The molecule has 180 valence electrons. The van der Waals surface area contributed by atoms with Crippen LogP contribution in [0.1, 0.15) is 52.0 Å². The number of hydrogen-bond acceptors (Lipinski definition) is 7. The van der Waals surface area contributed by atoms with E-state index in [0.717, 1.165) is 17.6 Å². The molecule has 9 atom stereocenters. The van der Waals surface area contributed by atoms with Crippen LogP contribution in [0.5, 0.6) is 0 Å². The van der Waals surface area contributed by atoms with Crippen molar-refractivity contribution in [2.24, 2.45) is 28.1 Å². The van der Waals surface area contributed by atoms with Gasteiger partial charge in [0.2, 0.25) is 0 Å². The van der Waals surface area contributed by atoms with Gasteiger partial charge in [-0.15, -0.1) is 0 Å². The number of methoxy groups -OCH3 is 1. The van der Waals surface area contributed by atoms with Crippen LogP contribution in [0.15, 0.2) is 46.3 Å². The molecule has 2 aliphatic heterocycles. The minimum absolute atomic E-state index is 0.0658. The first kappa shape index (κ1) is 21.8. The molecule has 0 aromatic carbocycles. The predicted octanol–water partition coefficient (Wildman–Crippen LogP) is 3.74. The number of rotatable bonds is 3. The first-order valence-electron chi connectivity index (χ1n) is 12.0. The Bertz CT molecular complexity index is 1160. The third-order valence-electron chi connectivity index (χ3n) is 9.91. The molecule has 0 radical (unpaired) electrons. The average Bonchev–Trinajstić information content (AvgIpc) is 3.54. The van der Waals surface area contributed by atoms with Crippen LogP contribution in [0, 0.1) is 28.1 Å². The summed E-state index contributed by atoms with van der Waals surface area (Å²) in [4.78, 5) is 39.6. The van der Waals surface area contributed by atoms with E-state index in [9.17, 15) is 14.4 Å². The molecular formula is C27H30O7. The summed E-state index contributed by atoms with van der Waals surface area (Å²) < 4.78 is 23.2. The molecule has 1 unspecified atom stereocenters. The highest BCUT2D eigenvalue weighted by Gasteiger charge is 2.77. The number of allylic oxidation sites excluding steroid dienone is 2. The second kappa shape index (κ2) is 6.72. The normalized spacial score (nSPS) is 46.3. The maximum atomic E-state index is 13.7. The predicted molar refractivity (Wildman–Crippen MR) is 119 cm³/mol. The molecule has 3 fully saturated rings. The molecule has 6 rings (SSSR count). The van der Waals surface area contributed by atoms with Crippen LogP contribution in [-0.2, 0) is 28.6 Å². The topological polar surface area (TPSA) is 92.0 Å². The molecule has 0 amide bonds. The van der Waals surface area contributed by atoms with Gasteiger partial charge in [0.1, 0.15) is 12.2 Å². The number of ketones is 1. The van der Waals surface area contributed by atoms with Crippen LogP contribution < -0.4 is 0 Å². The minimum Gasteiger partial charge on any atom is -0.472 e. The number of hydrogen-bond donors (Lipinski definition) is 0. The van der Waals surface area contributed by atoms with Crippen LogP contribution in [0.3, 0.4) is 0 Å². The van der Waals surface area contributed by atoms with Gasteiger partial charge in [-0.1, -0.05) is 25.5 Å². The summed E-state index contributed by atoms with van der Waals surface area (Å²) in [6, 6.07) is 1.97. The van der Waals surface area contributed by atoms with Crippen molar-refractivity contribution in [3.63, 3.8) is 0 Å². The Morgan fingerprint density at radius 2 is 1.97 bits per heavy atom. The van der Waals surface area contributed by atoms with E-state index in [-0.39, 0.29) is 36.2 Å². The van der Waals surface area contributed by atoms with Gasteiger partial charge in [-0.05, 0) is 49.5 Å². The van der Waals surface area contributed by atoms with E-state index in [1.807, 2.05) is 19.9 Å². The second-order valence-electron chi connectivity index (χ2n) is 11.2. The van der Waals surface area contributed by atoms with Gasteiger partial charge in [0, 0.05) is 22.7 Å². The molecule has 1 saturated carbocycles. The van der Waals surface area contributed by atoms with E-state index >= 15 is 0 Å². The van der Waals surface area contributed by atoms with Crippen LogP contribution in [0.25, 0.3) is 0 Å². The molecule has 34 heavy (non-hydrogen) atoms. The largest absolute Gasteiger partial charge is 0.472 e. The highest BCUT2D eigenvalue weighted by Crippen LogP contribution is 2.72. The molecule has 0 N–H and O–H groups in total. The SMILES string of the molecule is COC(=O)C[C@H]1[C@]2(C)C3=C(C)[C@H](c4ccoc4)C[C@H]3O[C@@H]2[C@@H]2OC(=O)[C@]3(C)C=CC(=O)[C@@]1(C)C23. The van der Waals surface area contributed by atoms with Gasteiger partial charge in [-0.25, -0.2) is 0 Å². The smallest absolute Gasteiger partial charge is 0.316 e. The maximum absolute atomic E-state index is 13.7. The summed E-state index contributed by atoms with van der Waals surface area (Å²) in [7, 11) is 1.37. The molecule has 0 spiro atoms. The molecule has 3 heterocycles. The Morgan fingerprint density at radius 3 is 2.65 bits per heavy atom. The Morgan fingerprint density at radius 1 is 1.21 bits per heavy atom. The summed E-state index contributed by atoms with van der Waals surface area (Å²) >= 11 is 0. The lowest BCUT2D eigenvalue weighted by atomic mass is 9.42. The lowest BCUT2D eigenvalue weighted by Crippen LogP contribution is -2.66. The summed E-state index contributed by atoms with van der Waals surface area (Å²) in [6.45, 7) is 7.96. The first-order valence-corrected chi connectivity index (χ1v) is 12.0. The van der Waals surface area contributed by atoms with Crippen molar-refractivity contribution in [1.82, 2.24) is 0 Å². The molecule has 1 aromatic rings. The van der Waals surface area contributed by atoms with Gasteiger partial charge in [0.25, 0.3) is 0 Å². The summed E-state index contributed by atoms with van der Waals surface area (Å²) in [5, 5.41) is 0. The van der Waals surface area contributed by atoms with Gasteiger partial charge >= 0.3 is 11.9 Å². The first-order chi connectivity index (χ1) is 16.1. The molecule has 0 bridgehead atoms. The van der Waals surface area contributed by atoms with Crippen LogP contribution >= 0.6 is 0 Å². The lowest BCUT2D eigenvalue weighted by Gasteiger charge is -2.59. The number of carbonyl (C=O) groups is 3. The van der Waals surface area contributed by atoms with E-state index in [1.54, 1.807) is 18.6 Å². The number of carbonyl (C=O) groups excluding carboxylic acids is 3. The van der Waals surface area contributed by atoms with Crippen LogP contribution in [0.4, 0.5) is 0 Å². The average molecular weight is 467 g/mol. The second-order valence-corrected chi connectivity index (χ2v) is 11.2. The molecule has 7 nitrogen and oxygen atoms in total. The minimum atomic E-state index is -0.987. The van der Waals surface area contributed by atoms with Crippen molar-refractivity contribution in [1.29, 1.82) is 0 Å². The van der Waals surface area contributed by atoms with Gasteiger partial charge in [-0.3, -0.25) is 14.4 Å². The van der Waals surface area contributed by atoms with Crippen molar-refractivity contribution >= 4 is 17.7 Å². The van der Waals surface area contributed by atoms with Crippen molar-refractivity contribution in [2.45, 2.75) is 64.8 Å². The Hall–Kier alpha value is -2.67. The van der Waals surface area contributed by atoms with E-state index < -0.39 is 40.3 Å². The molecular weight excluding hydrogens is 436 g/mol. The quantitative estimate of drug-likeness (QED) is 0.495. The summed E-state index contributed by atoms with van der Waals surface area (Å²) in [5.74, 6) is -1.46. The summed E-state index contributed by atoms with van der Waals surface area (Å²) in [6.07, 6.45) is 6.29. The summed E-state index contributed by atoms with van der Waals surface area (Å²) in [5.41, 5.74) is 0.794. The van der Waals surface area contributed by atoms with Crippen molar-refractivity contribution in [2.75, 3.05) is 7.11 Å². The Labute approximate surface area is 198 Å². The molecule has 5 aliphatic rings. The van der Waals surface area contributed by atoms with Gasteiger partial charge < -0.3 is 18.6 Å². The third kappa shape index (κ3) is 2.34. The zero-order valence-corrected chi connectivity index (χ0v) is 20.1. The Balaban J connectivity index is 1.58. The van der Waals surface area contributed by atoms with Gasteiger partial charge in [0.15, 0.2) is 5.78 Å². The van der Waals surface area contributed by atoms with Crippen molar-refractivity contribution < 1.29 is 33.0 Å². The number of furan rings is 1. The third-order valence-corrected chi connectivity index (χ3v) is 9.91. The van der Waals surface area contributed by atoms with Crippen LogP contribution in [-0.4, -0.2) is 43.1 Å². The lowest BCUT2D eigenvalue weighted by molar-refractivity contribution is -0.190. The van der Waals surface area contributed by atoms with Gasteiger partial charge in [-0.2, -0.15) is 0 Å². The van der Waals surface area contributed by atoms with Crippen molar-refractivity contribution in [3.05, 3.63) is 47.5 Å². The highest BCUT2D eigenvalue weighted by molar-refractivity contribution is 6.00. The fourth-order valence-corrected chi connectivity index (χ4v) is 8.41. The number of ether oxygens (including phenoxy) is 3. The van der Waals surface area contributed by atoms with E-state index in [4.69, 9.17) is 18.6 Å².